The molecule has 0 fully saturated rings. The normalized spacial score (nSPS) is 10.1. The monoisotopic (exact) mass is 241 g/mol. The van der Waals surface area contributed by atoms with Crippen LogP contribution in [0.2, 0.25) is 0 Å². The van der Waals surface area contributed by atoms with E-state index in [1.165, 1.54) is 5.56 Å². The Morgan fingerprint density at radius 3 is 2.33 bits per heavy atom. The average Bonchev–Trinajstić information content (AvgIpc) is 2.40. The summed E-state index contributed by atoms with van der Waals surface area (Å²) in [7, 11) is 0. The number of pyridine rings is 1. The van der Waals surface area contributed by atoms with Crippen LogP contribution >= 0.6 is 0 Å². The van der Waals surface area contributed by atoms with E-state index in [1.807, 2.05) is 24.3 Å². The minimum absolute atomic E-state index is 0.0474. The minimum atomic E-state index is -0.0474. The van der Waals surface area contributed by atoms with Crippen molar-refractivity contribution in [3.8, 4) is 11.5 Å². The highest BCUT2D eigenvalue weighted by molar-refractivity contribution is 5.92. The maximum atomic E-state index is 7.25. The number of rotatable bonds is 4. The van der Waals surface area contributed by atoms with Crippen LogP contribution in [0, 0.1) is 5.41 Å². The van der Waals surface area contributed by atoms with Gasteiger partial charge in [-0.15, -0.1) is 0 Å². The number of nitrogens with zero attached hydrogens (tertiary/aromatic N) is 1. The van der Waals surface area contributed by atoms with Gasteiger partial charge in [-0.3, -0.25) is 5.41 Å². The van der Waals surface area contributed by atoms with Gasteiger partial charge >= 0.3 is 0 Å². The summed E-state index contributed by atoms with van der Waals surface area (Å²) in [6, 6.07) is 11.3. The Hall–Kier alpha value is -2.36. The lowest BCUT2D eigenvalue weighted by molar-refractivity contribution is 0.480. The smallest absolute Gasteiger partial charge is 0.145 e. The molecule has 92 valence electrons. The maximum absolute atomic E-state index is 7.25. The lowest BCUT2D eigenvalue weighted by atomic mass is 10.2. The topological polar surface area (TPSA) is 72.0 Å². The third kappa shape index (κ3) is 2.85. The van der Waals surface area contributed by atoms with E-state index in [0.29, 0.717) is 11.4 Å². The lowest BCUT2D eigenvalue weighted by Gasteiger charge is -2.06. The van der Waals surface area contributed by atoms with Crippen molar-refractivity contribution in [3.63, 3.8) is 0 Å². The first-order valence-electron chi connectivity index (χ1n) is 5.76. The molecular weight excluding hydrogens is 226 g/mol. The maximum Gasteiger partial charge on any atom is 0.145 e. The van der Waals surface area contributed by atoms with Gasteiger partial charge in [0.15, 0.2) is 0 Å². The molecule has 0 saturated heterocycles. The first-order valence-corrected chi connectivity index (χ1v) is 5.76. The molecule has 3 N–H and O–H groups in total. The molecule has 0 amide bonds. The molecule has 2 aromatic rings. The van der Waals surface area contributed by atoms with Crippen LogP contribution in [0.1, 0.15) is 18.2 Å². The fourth-order valence-electron chi connectivity index (χ4n) is 1.53. The predicted molar refractivity (Wildman–Crippen MR) is 71.1 cm³/mol. The number of aromatic nitrogens is 1. The summed E-state index contributed by atoms with van der Waals surface area (Å²) in [5.74, 6) is 1.35. The lowest BCUT2D eigenvalue weighted by Crippen LogP contribution is -2.12. The number of nitrogen functional groups attached to an aromatic ring is 1. The van der Waals surface area contributed by atoms with Gasteiger partial charge in [-0.05, 0) is 36.2 Å². The first-order chi connectivity index (χ1) is 8.69. The van der Waals surface area contributed by atoms with E-state index >= 15 is 0 Å². The van der Waals surface area contributed by atoms with E-state index in [4.69, 9.17) is 15.9 Å². The van der Waals surface area contributed by atoms with Gasteiger partial charge in [0.05, 0.1) is 6.20 Å². The summed E-state index contributed by atoms with van der Waals surface area (Å²) in [6.07, 6.45) is 2.57. The van der Waals surface area contributed by atoms with E-state index in [0.717, 1.165) is 12.2 Å². The molecule has 1 aromatic carbocycles. The van der Waals surface area contributed by atoms with Crippen LogP contribution in [0.25, 0.3) is 0 Å². The molecule has 4 nitrogen and oxygen atoms in total. The molecule has 0 saturated carbocycles. The van der Waals surface area contributed by atoms with Gasteiger partial charge in [0.25, 0.3) is 0 Å². The number of nitrogens with two attached hydrogens (primary N) is 1. The Bertz CT molecular complexity index is 532. The zero-order valence-corrected chi connectivity index (χ0v) is 10.2. The number of amidine groups is 1. The molecule has 0 aliphatic rings. The number of benzene rings is 1. The third-order valence-corrected chi connectivity index (χ3v) is 2.58. The second-order valence-electron chi connectivity index (χ2n) is 3.89. The molecule has 0 atom stereocenters. The molecule has 0 aliphatic heterocycles. The summed E-state index contributed by atoms with van der Waals surface area (Å²) in [4.78, 5) is 4.03. The van der Waals surface area contributed by atoms with Crippen molar-refractivity contribution in [1.29, 1.82) is 5.41 Å². The van der Waals surface area contributed by atoms with Crippen LogP contribution in [0.4, 0.5) is 0 Å². The zero-order chi connectivity index (χ0) is 13.0. The minimum Gasteiger partial charge on any atom is -0.456 e. The van der Waals surface area contributed by atoms with Crippen molar-refractivity contribution in [3.05, 3.63) is 53.9 Å². The van der Waals surface area contributed by atoms with Crippen LogP contribution < -0.4 is 10.5 Å². The molecule has 4 heteroatoms. The van der Waals surface area contributed by atoms with Crippen molar-refractivity contribution in [2.45, 2.75) is 13.3 Å². The van der Waals surface area contributed by atoms with Gasteiger partial charge < -0.3 is 10.5 Å². The second-order valence-corrected chi connectivity index (χ2v) is 3.89. The number of hydrogen-bond acceptors (Lipinski definition) is 3. The molecule has 1 heterocycles. The van der Waals surface area contributed by atoms with Crippen molar-refractivity contribution in [1.82, 2.24) is 4.98 Å². The molecule has 1 aromatic heterocycles. The number of ether oxygens (including phenoxy) is 1. The van der Waals surface area contributed by atoms with Gasteiger partial charge in [-0.1, -0.05) is 19.1 Å². The number of aryl methyl sites for hydroxylation is 1. The van der Waals surface area contributed by atoms with Gasteiger partial charge in [0.2, 0.25) is 0 Å². The average molecular weight is 241 g/mol. The van der Waals surface area contributed by atoms with E-state index in [2.05, 4.69) is 11.9 Å². The third-order valence-electron chi connectivity index (χ3n) is 2.58. The van der Waals surface area contributed by atoms with Gasteiger partial charge in [-0.2, -0.15) is 0 Å². The summed E-state index contributed by atoms with van der Waals surface area (Å²) in [6.45, 7) is 2.11. The Labute approximate surface area is 106 Å². The first kappa shape index (κ1) is 12.1. The molecule has 0 aliphatic carbocycles. The van der Waals surface area contributed by atoms with Crippen LogP contribution in [0.5, 0.6) is 11.5 Å². The van der Waals surface area contributed by atoms with E-state index in [9.17, 15) is 0 Å². The van der Waals surface area contributed by atoms with Crippen LogP contribution in [0.3, 0.4) is 0 Å². The molecule has 0 radical (unpaired) electrons. The van der Waals surface area contributed by atoms with E-state index in [-0.39, 0.29) is 5.84 Å². The fourth-order valence-corrected chi connectivity index (χ4v) is 1.53. The van der Waals surface area contributed by atoms with Crippen molar-refractivity contribution in [2.75, 3.05) is 0 Å². The van der Waals surface area contributed by atoms with Crippen molar-refractivity contribution < 1.29 is 4.74 Å². The Morgan fingerprint density at radius 2 is 1.83 bits per heavy atom. The zero-order valence-electron chi connectivity index (χ0n) is 10.2. The largest absolute Gasteiger partial charge is 0.456 e. The molecule has 18 heavy (non-hydrogen) atoms. The summed E-state index contributed by atoms with van der Waals surface area (Å²) < 4.78 is 5.64. The quantitative estimate of drug-likeness (QED) is 0.638. The van der Waals surface area contributed by atoms with Crippen LogP contribution in [-0.2, 0) is 6.42 Å². The highest BCUT2D eigenvalue weighted by Gasteiger charge is 2.01. The second kappa shape index (κ2) is 5.31. The van der Waals surface area contributed by atoms with Gasteiger partial charge in [0.1, 0.15) is 23.0 Å². The number of hydrogen-bond donors (Lipinski definition) is 2. The number of nitrogens with one attached hydrogen (secondary N) is 1. The van der Waals surface area contributed by atoms with Gasteiger partial charge in [-0.25, -0.2) is 4.98 Å². The molecule has 0 bridgehead atoms. The van der Waals surface area contributed by atoms with Crippen LogP contribution in [0.15, 0.2) is 42.6 Å². The molecule has 0 unspecified atom stereocenters. The summed E-state index contributed by atoms with van der Waals surface area (Å²) in [5.41, 5.74) is 7.05. The predicted octanol–water partition coefficient (Wildman–Crippen LogP) is 2.72. The van der Waals surface area contributed by atoms with Gasteiger partial charge in [0, 0.05) is 0 Å². The molecular formula is C14H15N3O. The van der Waals surface area contributed by atoms with E-state index in [1.54, 1.807) is 18.3 Å². The van der Waals surface area contributed by atoms with Crippen molar-refractivity contribution in [2.24, 2.45) is 5.73 Å². The van der Waals surface area contributed by atoms with Crippen molar-refractivity contribution >= 4 is 5.84 Å². The Morgan fingerprint density at radius 1 is 1.17 bits per heavy atom. The highest BCUT2D eigenvalue weighted by Crippen LogP contribution is 2.21. The Balaban J connectivity index is 2.10. The summed E-state index contributed by atoms with van der Waals surface area (Å²) in [5, 5.41) is 7.25. The Kier molecular flexibility index (Phi) is 3.57. The molecule has 2 rings (SSSR count). The highest BCUT2D eigenvalue weighted by atomic mass is 16.5. The van der Waals surface area contributed by atoms with E-state index < -0.39 is 0 Å². The standard InChI is InChI=1S/C14H15N3O/c1-2-10-3-5-11(6-4-10)18-12-7-8-13(14(15)16)17-9-12/h3-9H,2H2,1H3,(H3,15,16). The fraction of sp³-hybridized carbons (Fsp3) is 0.143. The van der Waals surface area contributed by atoms with Crippen LogP contribution in [-0.4, -0.2) is 10.8 Å². The SMILES string of the molecule is CCc1ccc(Oc2ccc(C(=N)N)nc2)cc1. The molecule has 0 spiro atoms. The summed E-state index contributed by atoms with van der Waals surface area (Å²) >= 11 is 0.